The van der Waals surface area contributed by atoms with Crippen LogP contribution in [0.5, 0.6) is 5.88 Å². The van der Waals surface area contributed by atoms with Crippen LogP contribution in [-0.4, -0.2) is 33.7 Å². The highest BCUT2D eigenvalue weighted by atomic mass is 16.5. The van der Waals surface area contributed by atoms with E-state index in [1.807, 2.05) is 59.6 Å². The third-order valence-electron chi connectivity index (χ3n) is 5.52. The highest BCUT2D eigenvalue weighted by Crippen LogP contribution is 2.26. The third kappa shape index (κ3) is 4.90. The van der Waals surface area contributed by atoms with Crippen LogP contribution in [0, 0.1) is 11.8 Å². The van der Waals surface area contributed by atoms with Gasteiger partial charge in [-0.2, -0.15) is 0 Å². The van der Waals surface area contributed by atoms with Crippen LogP contribution in [0.15, 0.2) is 66.9 Å². The Morgan fingerprint density at radius 3 is 2.20 bits per heavy atom. The van der Waals surface area contributed by atoms with E-state index >= 15 is 0 Å². The number of carbonyl (C=O) groups is 1. The minimum Gasteiger partial charge on any atom is -0.471 e. The van der Waals surface area contributed by atoms with Crippen molar-refractivity contribution in [1.29, 1.82) is 0 Å². The highest BCUT2D eigenvalue weighted by Gasteiger charge is 2.29. The number of likely N-dealkylation sites (tertiary alicyclic amines) is 1. The zero-order valence-corrected chi connectivity index (χ0v) is 17.7. The fourth-order valence-corrected chi connectivity index (χ4v) is 4.23. The molecule has 0 N–H and O–H groups in total. The van der Waals surface area contributed by atoms with Crippen molar-refractivity contribution in [3.05, 3.63) is 83.6 Å². The molecule has 2 aromatic carbocycles. The van der Waals surface area contributed by atoms with Gasteiger partial charge in [0.05, 0.1) is 6.54 Å². The summed E-state index contributed by atoms with van der Waals surface area (Å²) >= 11 is 0. The summed E-state index contributed by atoms with van der Waals surface area (Å²) in [4.78, 5) is 15.3. The number of hydrogen-bond donors (Lipinski definition) is 0. The van der Waals surface area contributed by atoms with Crippen LogP contribution in [0.2, 0.25) is 0 Å². The Hall–Kier alpha value is -3.08. The minimum atomic E-state index is 0.00998. The van der Waals surface area contributed by atoms with Crippen molar-refractivity contribution in [3.8, 4) is 5.88 Å². The predicted molar refractivity (Wildman–Crippen MR) is 117 cm³/mol. The highest BCUT2D eigenvalue weighted by molar-refractivity contribution is 5.96. The lowest BCUT2D eigenvalue weighted by atomic mass is 9.91. The normalized spacial score (nSPS) is 18.9. The van der Waals surface area contributed by atoms with E-state index < -0.39 is 0 Å². The van der Waals surface area contributed by atoms with Gasteiger partial charge in [-0.3, -0.25) is 9.48 Å². The number of benzene rings is 2. The third-order valence-corrected chi connectivity index (χ3v) is 5.52. The van der Waals surface area contributed by atoms with Gasteiger partial charge in [-0.15, -0.1) is 5.10 Å². The second-order valence-corrected chi connectivity index (χ2v) is 8.46. The molecule has 1 fully saturated rings. The zero-order chi connectivity index (χ0) is 20.9. The standard InChI is InChI=1S/C25H29N3O2/c1-19-13-20(2)15-27(14-19)25(29)23-17-28(16-21-9-5-3-6-10-21)26-24(23)30-18-22-11-7-4-8-12-22/h3-12,17,19-20H,13-16,18H2,1-2H3. The summed E-state index contributed by atoms with van der Waals surface area (Å²) in [5.74, 6) is 1.43. The van der Waals surface area contributed by atoms with Gasteiger partial charge in [0, 0.05) is 19.3 Å². The molecule has 1 saturated heterocycles. The van der Waals surface area contributed by atoms with E-state index in [4.69, 9.17) is 4.74 Å². The van der Waals surface area contributed by atoms with Crippen LogP contribution in [0.4, 0.5) is 0 Å². The zero-order valence-electron chi connectivity index (χ0n) is 17.7. The van der Waals surface area contributed by atoms with E-state index in [2.05, 4.69) is 31.1 Å². The molecule has 1 aromatic heterocycles. The Morgan fingerprint density at radius 2 is 1.57 bits per heavy atom. The molecule has 5 heteroatoms. The molecule has 2 unspecified atom stereocenters. The first-order valence-corrected chi connectivity index (χ1v) is 10.7. The minimum absolute atomic E-state index is 0.00998. The van der Waals surface area contributed by atoms with Gasteiger partial charge in [0.1, 0.15) is 12.2 Å². The van der Waals surface area contributed by atoms with E-state index in [1.165, 1.54) is 0 Å². The molecule has 1 aliphatic heterocycles. The predicted octanol–water partition coefficient (Wildman–Crippen LogP) is 4.63. The lowest BCUT2D eigenvalue weighted by Gasteiger charge is -2.34. The summed E-state index contributed by atoms with van der Waals surface area (Å²) in [6.07, 6.45) is 2.99. The molecule has 0 bridgehead atoms. The molecule has 156 valence electrons. The fraction of sp³-hybridized carbons (Fsp3) is 0.360. The Labute approximate surface area is 178 Å². The Balaban J connectivity index is 1.58. The number of piperidine rings is 1. The topological polar surface area (TPSA) is 47.4 Å². The van der Waals surface area contributed by atoms with Gasteiger partial charge in [-0.1, -0.05) is 74.5 Å². The molecule has 0 aliphatic carbocycles. The van der Waals surface area contributed by atoms with Crippen LogP contribution >= 0.6 is 0 Å². The van der Waals surface area contributed by atoms with E-state index in [0.29, 0.717) is 36.4 Å². The molecular weight excluding hydrogens is 374 g/mol. The lowest BCUT2D eigenvalue weighted by Crippen LogP contribution is -2.42. The Kier molecular flexibility index (Phi) is 6.17. The van der Waals surface area contributed by atoms with Crippen molar-refractivity contribution in [3.63, 3.8) is 0 Å². The maximum atomic E-state index is 13.4. The molecule has 4 rings (SSSR count). The fourth-order valence-electron chi connectivity index (χ4n) is 4.23. The molecule has 0 saturated carbocycles. The molecule has 5 nitrogen and oxygen atoms in total. The van der Waals surface area contributed by atoms with Gasteiger partial charge < -0.3 is 9.64 Å². The van der Waals surface area contributed by atoms with Crippen molar-refractivity contribution in [2.45, 2.75) is 33.4 Å². The van der Waals surface area contributed by atoms with Crippen molar-refractivity contribution < 1.29 is 9.53 Å². The summed E-state index contributed by atoms with van der Waals surface area (Å²) < 4.78 is 7.83. The van der Waals surface area contributed by atoms with Crippen LogP contribution in [0.25, 0.3) is 0 Å². The van der Waals surface area contributed by atoms with Gasteiger partial charge in [-0.25, -0.2) is 0 Å². The molecule has 0 spiro atoms. The van der Waals surface area contributed by atoms with Gasteiger partial charge >= 0.3 is 0 Å². The van der Waals surface area contributed by atoms with Crippen LogP contribution < -0.4 is 4.74 Å². The summed E-state index contributed by atoms with van der Waals surface area (Å²) in [6, 6.07) is 20.1. The second kappa shape index (κ2) is 9.16. The molecule has 0 radical (unpaired) electrons. The number of nitrogens with zero attached hydrogens (tertiary/aromatic N) is 3. The van der Waals surface area contributed by atoms with E-state index in [-0.39, 0.29) is 5.91 Å². The molecule has 30 heavy (non-hydrogen) atoms. The number of aromatic nitrogens is 2. The van der Waals surface area contributed by atoms with Gasteiger partial charge in [0.15, 0.2) is 0 Å². The van der Waals surface area contributed by atoms with Crippen molar-refractivity contribution in [2.75, 3.05) is 13.1 Å². The van der Waals surface area contributed by atoms with Crippen LogP contribution in [0.1, 0.15) is 41.8 Å². The van der Waals surface area contributed by atoms with Gasteiger partial charge in [0.2, 0.25) is 5.88 Å². The quantitative estimate of drug-likeness (QED) is 0.603. The molecule has 2 atom stereocenters. The number of ether oxygens (including phenoxy) is 1. The molecule has 1 aliphatic rings. The number of hydrogen-bond acceptors (Lipinski definition) is 3. The van der Waals surface area contributed by atoms with Crippen LogP contribution in [-0.2, 0) is 13.2 Å². The Bertz CT molecular complexity index is 959. The maximum Gasteiger partial charge on any atom is 0.260 e. The number of amides is 1. The largest absolute Gasteiger partial charge is 0.471 e. The van der Waals surface area contributed by atoms with Gasteiger partial charge in [-0.05, 0) is 29.4 Å². The summed E-state index contributed by atoms with van der Waals surface area (Å²) in [6.45, 7) is 6.97. The van der Waals surface area contributed by atoms with Crippen molar-refractivity contribution >= 4 is 5.91 Å². The second-order valence-electron chi connectivity index (χ2n) is 8.46. The summed E-state index contributed by atoms with van der Waals surface area (Å²) in [5, 5.41) is 4.62. The van der Waals surface area contributed by atoms with Crippen LogP contribution in [0.3, 0.4) is 0 Å². The van der Waals surface area contributed by atoms with E-state index in [9.17, 15) is 4.79 Å². The summed E-state index contributed by atoms with van der Waals surface area (Å²) in [5.41, 5.74) is 2.73. The molecular formula is C25H29N3O2. The number of rotatable bonds is 6. The molecule has 1 amide bonds. The smallest absolute Gasteiger partial charge is 0.260 e. The van der Waals surface area contributed by atoms with Crippen molar-refractivity contribution in [1.82, 2.24) is 14.7 Å². The van der Waals surface area contributed by atoms with Gasteiger partial charge in [0.25, 0.3) is 5.91 Å². The first-order valence-electron chi connectivity index (χ1n) is 10.7. The Morgan fingerprint density at radius 1 is 0.967 bits per heavy atom. The monoisotopic (exact) mass is 403 g/mol. The summed E-state index contributed by atoms with van der Waals surface area (Å²) in [7, 11) is 0. The maximum absolute atomic E-state index is 13.4. The van der Waals surface area contributed by atoms with E-state index in [1.54, 1.807) is 4.68 Å². The SMILES string of the molecule is CC1CC(C)CN(C(=O)c2cn(Cc3ccccc3)nc2OCc2ccccc2)C1. The molecule has 3 aromatic rings. The average Bonchev–Trinajstić information content (AvgIpc) is 3.15. The number of carbonyl (C=O) groups excluding carboxylic acids is 1. The first kappa shape index (κ1) is 20.2. The van der Waals surface area contributed by atoms with Crippen molar-refractivity contribution in [2.24, 2.45) is 11.8 Å². The molecule has 2 heterocycles. The first-order chi connectivity index (χ1) is 14.6. The van der Waals surface area contributed by atoms with E-state index in [0.717, 1.165) is 30.6 Å². The average molecular weight is 404 g/mol. The lowest BCUT2D eigenvalue weighted by molar-refractivity contribution is 0.0618.